The van der Waals surface area contributed by atoms with Crippen molar-refractivity contribution in [2.45, 2.75) is 13.8 Å². The normalized spacial score (nSPS) is 8.64. The third kappa shape index (κ3) is 1.98. The highest BCUT2D eigenvalue weighted by Gasteiger charge is 2.07. The molecule has 1 rings (SSSR count). The maximum atomic E-state index is 10.1. The second kappa shape index (κ2) is 4.22. The number of ether oxygens (including phenoxy) is 1. The van der Waals surface area contributed by atoms with Gasteiger partial charge in [0, 0.05) is 0 Å². The third-order valence-corrected chi connectivity index (χ3v) is 1.71. The second-order valence-corrected chi connectivity index (χ2v) is 2.83. The molecule has 0 radical (unpaired) electrons. The van der Waals surface area contributed by atoms with Gasteiger partial charge < -0.3 is 4.74 Å². The molecule has 0 bridgehead atoms. The van der Waals surface area contributed by atoms with Gasteiger partial charge in [-0.3, -0.25) is 0 Å². The number of hydrogen-bond acceptors (Lipinski definition) is 4. The van der Waals surface area contributed by atoms with E-state index in [9.17, 15) is 4.79 Å². The van der Waals surface area contributed by atoms with Crippen LogP contribution in [0, 0.1) is 25.4 Å². The summed E-state index contributed by atoms with van der Waals surface area (Å²) in [5, 5.41) is 8.39. The molecule has 4 heteroatoms. The van der Waals surface area contributed by atoms with E-state index in [0.717, 1.165) is 11.1 Å². The lowest BCUT2D eigenvalue weighted by Gasteiger charge is -2.05. The molecule has 0 N–H and O–H groups in total. The quantitative estimate of drug-likeness (QED) is 0.405. The van der Waals surface area contributed by atoms with Crippen LogP contribution in [0.15, 0.2) is 17.1 Å². The summed E-state index contributed by atoms with van der Waals surface area (Å²) in [7, 11) is 0. The van der Waals surface area contributed by atoms with Gasteiger partial charge in [0.25, 0.3) is 6.26 Å². The molecule has 14 heavy (non-hydrogen) atoms. The molecule has 4 nitrogen and oxygen atoms in total. The van der Waals surface area contributed by atoms with Crippen molar-refractivity contribution in [3.05, 3.63) is 23.3 Å². The molecule has 0 heterocycles. The highest BCUT2D eigenvalue weighted by atomic mass is 16.5. The molecule has 0 amide bonds. The molecule has 0 fully saturated rings. The van der Waals surface area contributed by atoms with Crippen LogP contribution in [-0.2, 0) is 4.79 Å². The average Bonchev–Trinajstić information content (AvgIpc) is 2.11. The first-order valence-corrected chi connectivity index (χ1v) is 3.94. The Labute approximate surface area is 81.5 Å². The molecule has 0 aliphatic rings. The minimum Gasteiger partial charge on any atom is -0.385 e. The summed E-state index contributed by atoms with van der Waals surface area (Å²) in [6.07, 6.45) is 2.98. The van der Waals surface area contributed by atoms with E-state index in [1.807, 2.05) is 13.0 Å². The van der Waals surface area contributed by atoms with Crippen molar-refractivity contribution in [3.8, 4) is 12.0 Å². The van der Waals surface area contributed by atoms with Crippen LogP contribution in [-0.4, -0.2) is 6.08 Å². The number of isocyanates is 1. The fourth-order valence-corrected chi connectivity index (χ4v) is 1.24. The summed E-state index contributed by atoms with van der Waals surface area (Å²) < 4.78 is 4.71. The Bertz CT molecular complexity index is 440. The van der Waals surface area contributed by atoms with Gasteiger partial charge in [0.1, 0.15) is 5.69 Å². The van der Waals surface area contributed by atoms with Crippen LogP contribution in [0.1, 0.15) is 11.1 Å². The van der Waals surface area contributed by atoms with Crippen molar-refractivity contribution in [2.75, 3.05) is 0 Å². The fourth-order valence-electron chi connectivity index (χ4n) is 1.24. The van der Waals surface area contributed by atoms with E-state index in [2.05, 4.69) is 4.99 Å². The summed E-state index contributed by atoms with van der Waals surface area (Å²) in [6.45, 7) is 3.65. The van der Waals surface area contributed by atoms with Crippen molar-refractivity contribution >= 4 is 11.8 Å². The highest BCUT2D eigenvalue weighted by molar-refractivity contribution is 5.62. The number of nitrogens with zero attached hydrogens (tertiary/aromatic N) is 2. The first kappa shape index (κ1) is 9.97. The van der Waals surface area contributed by atoms with Crippen LogP contribution in [0.25, 0.3) is 0 Å². The predicted molar refractivity (Wildman–Crippen MR) is 49.9 cm³/mol. The summed E-state index contributed by atoms with van der Waals surface area (Å²) in [5.74, 6) is 0.307. The van der Waals surface area contributed by atoms with E-state index in [4.69, 9.17) is 10.00 Å². The number of hydrogen-bond donors (Lipinski definition) is 0. The molecule has 0 aromatic heterocycles. The first-order valence-electron chi connectivity index (χ1n) is 3.94. The van der Waals surface area contributed by atoms with Gasteiger partial charge in [-0.1, -0.05) is 6.07 Å². The Hall–Kier alpha value is -2.11. The molecule has 0 aliphatic carbocycles. The van der Waals surface area contributed by atoms with Crippen LogP contribution in [0.2, 0.25) is 0 Å². The van der Waals surface area contributed by atoms with Gasteiger partial charge in [-0.2, -0.15) is 4.99 Å². The molecular weight excluding hydrogens is 180 g/mol. The van der Waals surface area contributed by atoms with Gasteiger partial charge in [-0.25, -0.2) is 4.79 Å². The van der Waals surface area contributed by atoms with E-state index in [0.29, 0.717) is 11.4 Å². The van der Waals surface area contributed by atoms with Gasteiger partial charge in [-0.15, -0.1) is 5.26 Å². The number of nitriles is 1. The molecule has 0 aliphatic heterocycles. The third-order valence-electron chi connectivity index (χ3n) is 1.71. The van der Waals surface area contributed by atoms with Crippen molar-refractivity contribution in [1.82, 2.24) is 0 Å². The number of aryl methyl sites for hydroxylation is 2. The van der Waals surface area contributed by atoms with Crippen molar-refractivity contribution < 1.29 is 9.53 Å². The Kier molecular flexibility index (Phi) is 3.01. The Morgan fingerprint density at radius 1 is 1.43 bits per heavy atom. The lowest BCUT2D eigenvalue weighted by Crippen LogP contribution is -1.88. The molecule has 70 valence electrons. The van der Waals surface area contributed by atoms with E-state index < -0.39 is 0 Å². The van der Waals surface area contributed by atoms with Gasteiger partial charge in [0.05, 0.1) is 0 Å². The zero-order chi connectivity index (χ0) is 10.6. The summed E-state index contributed by atoms with van der Waals surface area (Å²) >= 11 is 0. The lowest BCUT2D eigenvalue weighted by atomic mass is 10.1. The minimum atomic E-state index is 0.307. The maximum Gasteiger partial charge on any atom is 0.292 e. The van der Waals surface area contributed by atoms with Crippen molar-refractivity contribution in [2.24, 2.45) is 4.99 Å². The van der Waals surface area contributed by atoms with Gasteiger partial charge in [-0.05, 0) is 31.0 Å². The maximum absolute atomic E-state index is 10.1. The Balaban J connectivity index is 3.37. The Morgan fingerprint density at radius 2 is 2.14 bits per heavy atom. The first-order chi connectivity index (χ1) is 6.69. The SMILES string of the molecule is Cc1cc(C)c(OC#N)c(N=C=O)c1. The predicted octanol–water partition coefficient (Wildman–Crippen LogP) is 2.13. The number of aliphatic imine (C=N–C) groups is 1. The highest BCUT2D eigenvalue weighted by Crippen LogP contribution is 2.32. The summed E-state index contributed by atoms with van der Waals surface area (Å²) in [5.41, 5.74) is 2.04. The molecule has 0 saturated carbocycles. The topological polar surface area (TPSA) is 62.4 Å². The zero-order valence-corrected chi connectivity index (χ0v) is 7.87. The average molecular weight is 188 g/mol. The Morgan fingerprint density at radius 3 is 2.71 bits per heavy atom. The van der Waals surface area contributed by atoms with Crippen LogP contribution in [0.5, 0.6) is 5.75 Å². The van der Waals surface area contributed by atoms with Crippen molar-refractivity contribution in [1.29, 1.82) is 5.26 Å². The standard InChI is InChI=1S/C10H8N2O2/c1-7-3-8(2)10(14-5-11)9(4-7)12-6-13/h3-4H,1-2H3. The molecule has 0 spiro atoms. The second-order valence-electron chi connectivity index (χ2n) is 2.83. The van der Waals surface area contributed by atoms with Crippen molar-refractivity contribution in [3.63, 3.8) is 0 Å². The lowest BCUT2D eigenvalue weighted by molar-refractivity contribution is 0.504. The number of carbonyl (C=O) groups excluding carboxylic acids is 1. The zero-order valence-electron chi connectivity index (χ0n) is 7.87. The molecule has 0 atom stereocenters. The van der Waals surface area contributed by atoms with Crippen LogP contribution in [0.4, 0.5) is 5.69 Å². The van der Waals surface area contributed by atoms with Crippen LogP contribution >= 0.6 is 0 Å². The largest absolute Gasteiger partial charge is 0.385 e. The summed E-state index contributed by atoms with van der Waals surface area (Å²) in [4.78, 5) is 13.6. The molecule has 0 unspecified atom stereocenters. The van der Waals surface area contributed by atoms with Gasteiger partial charge >= 0.3 is 0 Å². The molecule has 1 aromatic rings. The van der Waals surface area contributed by atoms with Crippen LogP contribution < -0.4 is 4.74 Å². The van der Waals surface area contributed by atoms with E-state index in [1.165, 1.54) is 6.08 Å². The molecule has 1 aromatic carbocycles. The minimum absolute atomic E-state index is 0.307. The van der Waals surface area contributed by atoms with E-state index in [-0.39, 0.29) is 0 Å². The molecular formula is C10H8N2O2. The van der Waals surface area contributed by atoms with Gasteiger partial charge in [0.15, 0.2) is 5.75 Å². The summed E-state index contributed by atoms with van der Waals surface area (Å²) in [6, 6.07) is 3.50. The van der Waals surface area contributed by atoms with E-state index >= 15 is 0 Å². The molecule has 0 saturated heterocycles. The number of benzene rings is 1. The van der Waals surface area contributed by atoms with Gasteiger partial charge in [0.2, 0.25) is 6.08 Å². The smallest absolute Gasteiger partial charge is 0.292 e. The van der Waals surface area contributed by atoms with E-state index in [1.54, 1.807) is 19.2 Å². The van der Waals surface area contributed by atoms with Crippen LogP contribution in [0.3, 0.4) is 0 Å². The fraction of sp³-hybridized carbons (Fsp3) is 0.200. The number of rotatable bonds is 2. The monoisotopic (exact) mass is 188 g/mol.